The molecule has 0 aliphatic carbocycles. The number of aliphatic imine (C=N–C) groups is 1. The molecule has 0 saturated carbocycles. The number of nitrogens with zero attached hydrogens (tertiary/aromatic N) is 2. The van der Waals surface area contributed by atoms with Crippen LogP contribution in [-0.4, -0.2) is 47.5 Å². The van der Waals surface area contributed by atoms with Crippen LogP contribution in [-0.2, 0) is 21.2 Å². The Morgan fingerprint density at radius 1 is 1.53 bits per heavy atom. The van der Waals surface area contributed by atoms with E-state index in [0.29, 0.717) is 16.8 Å². The van der Waals surface area contributed by atoms with Crippen LogP contribution >= 0.6 is 0 Å². The summed E-state index contributed by atoms with van der Waals surface area (Å²) in [5.41, 5.74) is 1.08. The van der Waals surface area contributed by atoms with E-state index in [2.05, 4.69) is 14.2 Å². The van der Waals surface area contributed by atoms with Crippen LogP contribution in [0.15, 0.2) is 11.2 Å². The summed E-state index contributed by atoms with van der Waals surface area (Å²) in [6, 6.07) is 0. The lowest BCUT2D eigenvalue weighted by Crippen LogP contribution is -2.07. The van der Waals surface area contributed by atoms with Gasteiger partial charge in [0, 0.05) is 23.5 Å². The highest BCUT2D eigenvalue weighted by Gasteiger charge is 2.09. The molecule has 0 aromatic carbocycles. The molecule has 1 aromatic heterocycles. The van der Waals surface area contributed by atoms with E-state index in [1.54, 1.807) is 6.92 Å². The summed E-state index contributed by atoms with van der Waals surface area (Å²) in [6.07, 6.45) is 2.69. The quantitative estimate of drug-likeness (QED) is 0.376. The highest BCUT2D eigenvalue weighted by Crippen LogP contribution is 2.21. The predicted molar refractivity (Wildman–Crippen MR) is 66.5 cm³/mol. The van der Waals surface area contributed by atoms with Gasteiger partial charge in [-0.2, -0.15) is 8.42 Å². The third kappa shape index (κ3) is 4.91. The van der Waals surface area contributed by atoms with E-state index in [0.717, 1.165) is 0 Å². The lowest BCUT2D eigenvalue weighted by Gasteiger charge is -2.06. The second kappa shape index (κ2) is 6.57. The van der Waals surface area contributed by atoms with Crippen LogP contribution in [0.4, 0.5) is 0 Å². The number of aryl methyl sites for hydroxylation is 1. The summed E-state index contributed by atoms with van der Waals surface area (Å²) in [5, 5.41) is 18.9. The van der Waals surface area contributed by atoms with E-state index in [1.807, 2.05) is 0 Å². The highest BCUT2D eigenvalue weighted by atomic mass is 32.3. The van der Waals surface area contributed by atoms with Crippen LogP contribution in [0.2, 0.25) is 0 Å². The molecule has 8 nitrogen and oxygen atoms in total. The number of aromatic nitrogens is 1. The third-order valence-corrected chi connectivity index (χ3v) is 2.67. The van der Waals surface area contributed by atoms with E-state index in [1.165, 1.54) is 12.4 Å². The minimum Gasteiger partial charge on any atom is -0.505 e. The van der Waals surface area contributed by atoms with E-state index >= 15 is 0 Å². The first-order valence-electron chi connectivity index (χ1n) is 5.25. The monoisotopic (exact) mass is 290 g/mol. The van der Waals surface area contributed by atoms with Gasteiger partial charge < -0.3 is 10.2 Å². The number of aliphatic hydroxyl groups excluding tert-OH is 1. The van der Waals surface area contributed by atoms with Crippen LogP contribution in [0.25, 0.3) is 0 Å². The summed E-state index contributed by atoms with van der Waals surface area (Å²) >= 11 is 0. The van der Waals surface area contributed by atoms with Crippen molar-refractivity contribution in [2.45, 2.75) is 13.5 Å². The van der Waals surface area contributed by atoms with Crippen LogP contribution in [0.3, 0.4) is 0 Å². The summed E-state index contributed by atoms with van der Waals surface area (Å²) in [5.74, 6) is -0.106. The normalized spacial score (nSPS) is 12.2. The fourth-order valence-corrected chi connectivity index (χ4v) is 1.56. The average molecular weight is 290 g/mol. The van der Waals surface area contributed by atoms with Crippen molar-refractivity contribution in [2.75, 3.05) is 13.2 Å². The van der Waals surface area contributed by atoms with E-state index in [9.17, 15) is 13.5 Å². The van der Waals surface area contributed by atoms with E-state index < -0.39 is 10.4 Å². The largest absolute Gasteiger partial charge is 0.505 e. The van der Waals surface area contributed by atoms with Crippen molar-refractivity contribution in [3.05, 3.63) is 23.0 Å². The fourth-order valence-electron chi connectivity index (χ4n) is 1.27. The Morgan fingerprint density at radius 2 is 2.21 bits per heavy atom. The molecule has 1 heterocycles. The summed E-state index contributed by atoms with van der Waals surface area (Å²) in [4.78, 5) is 7.71. The molecule has 0 spiro atoms. The van der Waals surface area contributed by atoms with Gasteiger partial charge in [-0.1, -0.05) is 0 Å². The van der Waals surface area contributed by atoms with Gasteiger partial charge in [0.1, 0.15) is 5.75 Å². The molecule has 0 radical (unpaired) electrons. The predicted octanol–water partition coefficient (Wildman–Crippen LogP) is -0.174. The molecule has 0 aliphatic rings. The van der Waals surface area contributed by atoms with Crippen molar-refractivity contribution in [3.63, 3.8) is 0 Å². The number of aromatic hydroxyl groups is 1. The van der Waals surface area contributed by atoms with Gasteiger partial charge in [0.05, 0.1) is 25.5 Å². The molecule has 0 bridgehead atoms. The van der Waals surface area contributed by atoms with Gasteiger partial charge in [0.2, 0.25) is 0 Å². The highest BCUT2D eigenvalue weighted by molar-refractivity contribution is 7.80. The number of pyridine rings is 1. The minimum absolute atomic E-state index is 0.0362. The maximum absolute atomic E-state index is 10.3. The van der Waals surface area contributed by atoms with Gasteiger partial charge in [-0.3, -0.25) is 14.5 Å². The Labute approximate surface area is 110 Å². The Hall–Kier alpha value is -1.55. The molecule has 9 heteroatoms. The van der Waals surface area contributed by atoms with Gasteiger partial charge in [-0.25, -0.2) is 4.18 Å². The summed E-state index contributed by atoms with van der Waals surface area (Å²) in [7, 11) is -4.47. The van der Waals surface area contributed by atoms with Crippen LogP contribution in [0.1, 0.15) is 16.8 Å². The first-order chi connectivity index (χ1) is 8.85. The topological polar surface area (TPSA) is 129 Å². The van der Waals surface area contributed by atoms with Crippen molar-refractivity contribution in [1.82, 2.24) is 4.98 Å². The SMILES string of the molecule is Cc1ncc(CO)c(C=NCCOS(=O)(=O)O)c1O. The lowest BCUT2D eigenvalue weighted by molar-refractivity contribution is 0.276. The number of hydrogen-bond acceptors (Lipinski definition) is 7. The van der Waals surface area contributed by atoms with Crippen molar-refractivity contribution < 1.29 is 27.4 Å². The Balaban J connectivity index is 2.74. The van der Waals surface area contributed by atoms with E-state index in [-0.39, 0.29) is 25.5 Å². The molecule has 19 heavy (non-hydrogen) atoms. The van der Waals surface area contributed by atoms with Crippen molar-refractivity contribution in [3.8, 4) is 5.75 Å². The molecular formula is C10H14N2O6S. The number of hydrogen-bond donors (Lipinski definition) is 3. The van der Waals surface area contributed by atoms with Crippen molar-refractivity contribution in [2.24, 2.45) is 4.99 Å². The molecule has 0 amide bonds. The second-order valence-electron chi connectivity index (χ2n) is 3.57. The molecule has 0 fully saturated rings. The number of rotatable bonds is 6. The Bertz CT molecular complexity index is 570. The maximum Gasteiger partial charge on any atom is 0.397 e. The molecule has 106 valence electrons. The smallest absolute Gasteiger partial charge is 0.397 e. The maximum atomic E-state index is 10.3. The number of aliphatic hydroxyl groups is 1. The molecular weight excluding hydrogens is 276 g/mol. The van der Waals surface area contributed by atoms with Crippen LogP contribution in [0.5, 0.6) is 5.75 Å². The van der Waals surface area contributed by atoms with Crippen molar-refractivity contribution >= 4 is 16.6 Å². The Kier molecular flexibility index (Phi) is 5.36. The third-order valence-electron chi connectivity index (χ3n) is 2.20. The fraction of sp³-hybridized carbons (Fsp3) is 0.400. The van der Waals surface area contributed by atoms with Gasteiger partial charge >= 0.3 is 10.4 Å². The molecule has 0 aliphatic heterocycles. The Morgan fingerprint density at radius 3 is 2.79 bits per heavy atom. The molecule has 1 rings (SSSR count). The standard InChI is InChI=1S/C10H14N2O6S/c1-7-10(14)9(8(6-13)4-12-7)5-11-2-3-18-19(15,16)17/h4-5,13-14H,2-3,6H2,1H3,(H,15,16,17). The van der Waals surface area contributed by atoms with E-state index in [4.69, 9.17) is 9.66 Å². The lowest BCUT2D eigenvalue weighted by atomic mass is 10.1. The molecule has 3 N–H and O–H groups in total. The van der Waals surface area contributed by atoms with Gasteiger partial charge in [-0.15, -0.1) is 0 Å². The van der Waals surface area contributed by atoms with Crippen molar-refractivity contribution in [1.29, 1.82) is 0 Å². The first-order valence-corrected chi connectivity index (χ1v) is 6.61. The summed E-state index contributed by atoms with van der Waals surface area (Å²) in [6.45, 7) is 0.916. The summed E-state index contributed by atoms with van der Waals surface area (Å²) < 4.78 is 32.9. The van der Waals surface area contributed by atoms with Gasteiger partial charge in [0.15, 0.2) is 0 Å². The minimum atomic E-state index is -4.47. The average Bonchev–Trinajstić information content (AvgIpc) is 2.32. The second-order valence-corrected chi connectivity index (χ2v) is 4.67. The van der Waals surface area contributed by atoms with Gasteiger partial charge in [-0.05, 0) is 6.92 Å². The zero-order valence-electron chi connectivity index (χ0n) is 10.1. The molecule has 0 unspecified atom stereocenters. The van der Waals surface area contributed by atoms with Crippen LogP contribution < -0.4 is 0 Å². The molecule has 1 aromatic rings. The molecule has 0 saturated heterocycles. The zero-order chi connectivity index (χ0) is 14.5. The first kappa shape index (κ1) is 15.5. The zero-order valence-corrected chi connectivity index (χ0v) is 11.0. The van der Waals surface area contributed by atoms with Gasteiger partial charge in [0.25, 0.3) is 0 Å². The van der Waals surface area contributed by atoms with Crippen LogP contribution in [0, 0.1) is 6.92 Å². The molecule has 0 atom stereocenters.